The number of urea groups is 1. The molecule has 0 radical (unpaired) electrons. The Kier molecular flexibility index (Phi) is 8.02. The van der Waals surface area contributed by atoms with Crippen molar-refractivity contribution >= 4 is 28.8 Å². The Morgan fingerprint density at radius 3 is 2.54 bits per heavy atom. The summed E-state index contributed by atoms with van der Waals surface area (Å²) in [5.41, 5.74) is 1.01. The number of rotatable bonds is 7. The Balaban J connectivity index is 1.39. The van der Waals surface area contributed by atoms with Gasteiger partial charge in [-0.25, -0.2) is 18.6 Å². The number of carbonyl (C=O) groups excluding carboxylic acids is 1. The zero-order valence-electron chi connectivity index (χ0n) is 21.7. The number of ether oxygens (including phenoxy) is 1. The number of para-hydroxylation sites is 2. The molecule has 13 heteroatoms. The number of benzene rings is 1. The van der Waals surface area contributed by atoms with Crippen molar-refractivity contribution in [2.24, 2.45) is 0 Å². The molecule has 1 aromatic carbocycles. The van der Waals surface area contributed by atoms with E-state index in [1.54, 1.807) is 37.4 Å². The molecule has 0 bridgehead atoms. The number of morpholine rings is 1. The normalized spacial score (nSPS) is 19.6. The lowest BCUT2D eigenvalue weighted by Gasteiger charge is -2.31. The second kappa shape index (κ2) is 11.8. The van der Waals surface area contributed by atoms with Crippen LogP contribution < -0.4 is 15.5 Å². The third kappa shape index (κ3) is 6.01. The summed E-state index contributed by atoms with van der Waals surface area (Å²) in [5.74, 6) is 0.935. The third-order valence-corrected chi connectivity index (χ3v) is 7.09. The molecule has 1 saturated carbocycles. The number of hydrogen-bond acceptors (Lipinski definition) is 8. The summed E-state index contributed by atoms with van der Waals surface area (Å²) >= 11 is 0. The number of amides is 2. The largest absolute Gasteiger partial charge is 0.378 e. The Hall–Kier alpha value is -4.05. The molecule has 2 aromatic heterocycles. The highest BCUT2D eigenvalue weighted by molar-refractivity contribution is 5.78. The molecule has 1 saturated heterocycles. The molecule has 0 spiro atoms. The second-order valence-corrected chi connectivity index (χ2v) is 9.76. The molecule has 39 heavy (non-hydrogen) atoms. The molecule has 206 valence electrons. The van der Waals surface area contributed by atoms with Crippen molar-refractivity contribution in [3.63, 3.8) is 0 Å². The third-order valence-electron chi connectivity index (χ3n) is 7.09. The van der Waals surface area contributed by atoms with E-state index in [4.69, 9.17) is 15.0 Å². The summed E-state index contributed by atoms with van der Waals surface area (Å²) in [4.78, 5) is 29.2. The lowest BCUT2D eigenvalue weighted by Crippen LogP contribution is -2.45. The molecule has 0 atom stereocenters. The predicted molar refractivity (Wildman–Crippen MR) is 141 cm³/mol. The highest BCUT2D eigenvalue weighted by Crippen LogP contribution is 2.30. The van der Waals surface area contributed by atoms with Gasteiger partial charge >= 0.3 is 6.03 Å². The first-order chi connectivity index (χ1) is 18.9. The monoisotopic (exact) mass is 539 g/mol. The number of halogens is 2. The van der Waals surface area contributed by atoms with Crippen LogP contribution in [0, 0.1) is 11.3 Å². The fraction of sp³-hybridized carbons (Fsp3) is 0.500. The van der Waals surface area contributed by atoms with Gasteiger partial charge in [0.2, 0.25) is 5.95 Å². The summed E-state index contributed by atoms with van der Waals surface area (Å²) in [7, 11) is 1.59. The van der Waals surface area contributed by atoms with Crippen LogP contribution in [0.1, 0.15) is 37.9 Å². The van der Waals surface area contributed by atoms with E-state index in [2.05, 4.69) is 25.5 Å². The molecule has 1 aliphatic heterocycles. The van der Waals surface area contributed by atoms with Gasteiger partial charge in [-0.3, -0.25) is 4.57 Å². The van der Waals surface area contributed by atoms with E-state index in [1.165, 1.54) is 9.47 Å². The number of hydrogen-bond donors (Lipinski definition) is 2. The van der Waals surface area contributed by atoms with Crippen molar-refractivity contribution in [2.45, 2.75) is 44.2 Å². The number of carbonyl (C=O) groups is 1. The Morgan fingerprint density at radius 1 is 1.13 bits per heavy atom. The maximum absolute atomic E-state index is 14.1. The molecule has 11 nitrogen and oxygen atoms in total. The van der Waals surface area contributed by atoms with Gasteiger partial charge in [-0.2, -0.15) is 15.2 Å². The molecule has 2 aliphatic rings. The van der Waals surface area contributed by atoms with Crippen LogP contribution in [0.15, 0.2) is 30.3 Å². The Labute approximate surface area is 224 Å². The maximum atomic E-state index is 14.1. The Morgan fingerprint density at radius 2 is 1.82 bits per heavy atom. The summed E-state index contributed by atoms with van der Waals surface area (Å²) in [6.45, 7) is 2.40. The maximum Gasteiger partial charge on any atom is 0.318 e. The zero-order chi connectivity index (χ0) is 27.4. The van der Waals surface area contributed by atoms with Crippen LogP contribution in [-0.4, -0.2) is 82.4 Å². The van der Waals surface area contributed by atoms with Gasteiger partial charge in [-0.15, -0.1) is 0 Å². The van der Waals surface area contributed by atoms with E-state index in [-0.39, 0.29) is 30.5 Å². The number of nitriles is 1. The highest BCUT2D eigenvalue weighted by atomic mass is 19.3. The van der Waals surface area contributed by atoms with Crippen LogP contribution in [0.4, 0.5) is 25.3 Å². The topological polar surface area (TPSA) is 124 Å². The molecule has 0 unspecified atom stereocenters. The van der Waals surface area contributed by atoms with Gasteiger partial charge in [0.1, 0.15) is 18.2 Å². The fourth-order valence-corrected chi connectivity index (χ4v) is 5.01. The first-order valence-corrected chi connectivity index (χ1v) is 13.1. The van der Waals surface area contributed by atoms with E-state index in [1.807, 2.05) is 6.07 Å². The van der Waals surface area contributed by atoms with Crippen molar-refractivity contribution in [3.05, 3.63) is 36.2 Å². The standard InChI is InChI=1S/C26H31F2N9O2/c1-35(11-10-29)26(38)31-18-8-6-17(7-9-18)30-25-33-21(36-12-14-39-15-13-36)16-22(34-25)37-20-5-3-2-4-19(20)32-24(37)23(27)28/h2-5,16-18,23H,6-9,11-15H2,1H3,(H,31,38)(H,30,33,34)/t17-,18-. The number of nitrogens with zero attached hydrogens (tertiary/aromatic N) is 7. The molecule has 2 fully saturated rings. The van der Waals surface area contributed by atoms with Gasteiger partial charge in [0.05, 0.1) is 30.3 Å². The molecule has 3 aromatic rings. The van der Waals surface area contributed by atoms with Crippen LogP contribution in [0.3, 0.4) is 0 Å². The second-order valence-electron chi connectivity index (χ2n) is 9.76. The van der Waals surface area contributed by atoms with Crippen molar-refractivity contribution in [1.29, 1.82) is 5.26 Å². The quantitative estimate of drug-likeness (QED) is 0.438. The molecule has 2 amide bonds. The lowest BCUT2D eigenvalue weighted by molar-refractivity contribution is 0.122. The van der Waals surface area contributed by atoms with Crippen LogP contribution in [0.2, 0.25) is 0 Å². The molecular formula is C26H31F2N9O2. The summed E-state index contributed by atoms with van der Waals surface area (Å²) in [6.07, 6.45) is 0.254. The first-order valence-electron chi connectivity index (χ1n) is 13.1. The van der Waals surface area contributed by atoms with E-state index >= 15 is 0 Å². The Bertz CT molecular complexity index is 1340. The molecule has 5 rings (SSSR count). The highest BCUT2D eigenvalue weighted by Gasteiger charge is 2.26. The molecule has 3 heterocycles. The van der Waals surface area contributed by atoms with Crippen molar-refractivity contribution in [3.8, 4) is 11.9 Å². The number of imidazole rings is 1. The minimum atomic E-state index is -2.78. The predicted octanol–water partition coefficient (Wildman–Crippen LogP) is 3.48. The van der Waals surface area contributed by atoms with E-state index in [9.17, 15) is 13.6 Å². The smallest absolute Gasteiger partial charge is 0.318 e. The number of anilines is 2. The minimum absolute atomic E-state index is 0.0127. The number of nitrogens with one attached hydrogen (secondary N) is 2. The van der Waals surface area contributed by atoms with Gasteiger partial charge in [0.15, 0.2) is 5.82 Å². The average Bonchev–Trinajstić information content (AvgIpc) is 3.35. The summed E-state index contributed by atoms with van der Waals surface area (Å²) in [5, 5.41) is 15.2. The van der Waals surface area contributed by atoms with Gasteiger partial charge in [-0.1, -0.05) is 12.1 Å². The van der Waals surface area contributed by atoms with Gasteiger partial charge in [0.25, 0.3) is 6.43 Å². The van der Waals surface area contributed by atoms with E-state index < -0.39 is 6.43 Å². The summed E-state index contributed by atoms with van der Waals surface area (Å²) < 4.78 is 35.1. The van der Waals surface area contributed by atoms with E-state index in [0.717, 1.165) is 25.7 Å². The van der Waals surface area contributed by atoms with Gasteiger partial charge < -0.3 is 25.2 Å². The van der Waals surface area contributed by atoms with Gasteiger partial charge in [-0.05, 0) is 37.8 Å². The minimum Gasteiger partial charge on any atom is -0.378 e. The zero-order valence-corrected chi connectivity index (χ0v) is 21.7. The lowest BCUT2D eigenvalue weighted by atomic mass is 9.91. The number of aromatic nitrogens is 4. The van der Waals surface area contributed by atoms with Crippen molar-refractivity contribution in [2.75, 3.05) is 50.1 Å². The van der Waals surface area contributed by atoms with Crippen LogP contribution in [-0.2, 0) is 4.74 Å². The van der Waals surface area contributed by atoms with Crippen LogP contribution in [0.5, 0.6) is 0 Å². The number of alkyl halides is 2. The molecular weight excluding hydrogens is 508 g/mol. The fourth-order valence-electron chi connectivity index (χ4n) is 5.01. The molecule has 1 aliphatic carbocycles. The van der Waals surface area contributed by atoms with Crippen molar-refractivity contribution in [1.82, 2.24) is 29.7 Å². The molecule has 2 N–H and O–H groups in total. The van der Waals surface area contributed by atoms with Crippen LogP contribution in [0.25, 0.3) is 16.9 Å². The van der Waals surface area contributed by atoms with Crippen molar-refractivity contribution < 1.29 is 18.3 Å². The SMILES string of the molecule is CN(CC#N)C(=O)N[C@H]1CC[C@H](Nc2nc(N3CCOCC3)cc(-n3c(C(F)F)nc4ccccc43)n2)CC1. The summed E-state index contributed by atoms with van der Waals surface area (Å²) in [6, 6.07) is 10.5. The number of fused-ring (bicyclic) bond motifs is 1. The van der Waals surface area contributed by atoms with Gasteiger partial charge in [0, 0.05) is 38.3 Å². The van der Waals surface area contributed by atoms with E-state index in [0.29, 0.717) is 54.9 Å². The first kappa shape index (κ1) is 26.6. The van der Waals surface area contributed by atoms with Crippen LogP contribution >= 0.6 is 0 Å². The average molecular weight is 540 g/mol.